The van der Waals surface area contributed by atoms with Crippen LogP contribution in [0.15, 0.2) is 36.4 Å². The van der Waals surface area contributed by atoms with Gasteiger partial charge in [0.15, 0.2) is 0 Å². The molecule has 106 valence electrons. The molecule has 0 radical (unpaired) electrons. The van der Waals surface area contributed by atoms with E-state index in [1.165, 1.54) is 6.07 Å². The highest BCUT2D eigenvalue weighted by Crippen LogP contribution is 2.33. The molecule has 0 fully saturated rings. The number of nitrogens with one attached hydrogen (secondary N) is 1. The lowest BCUT2D eigenvalue weighted by molar-refractivity contribution is 0.554. The van der Waals surface area contributed by atoms with Crippen LogP contribution in [0, 0.1) is 5.82 Å². The van der Waals surface area contributed by atoms with Crippen LogP contribution in [0.5, 0.6) is 0 Å². The summed E-state index contributed by atoms with van der Waals surface area (Å²) in [5, 5.41) is 4.48. The summed E-state index contributed by atoms with van der Waals surface area (Å²) >= 11 is 18.3. The SMILES string of the molecule is CNC(Cc1c(F)cccc1Cl)c1cccc(Cl)c1Cl. The molecular weight excluding hydrogens is 320 g/mol. The van der Waals surface area contributed by atoms with E-state index in [1.807, 2.05) is 12.1 Å². The normalized spacial score (nSPS) is 12.4. The summed E-state index contributed by atoms with van der Waals surface area (Å²) in [5.41, 5.74) is 1.28. The minimum atomic E-state index is -0.323. The van der Waals surface area contributed by atoms with Gasteiger partial charge in [-0.3, -0.25) is 0 Å². The molecule has 0 amide bonds. The average Bonchev–Trinajstić information content (AvgIpc) is 2.42. The molecule has 1 atom stereocenters. The topological polar surface area (TPSA) is 12.0 Å². The van der Waals surface area contributed by atoms with Crippen LogP contribution in [0.3, 0.4) is 0 Å². The third-order valence-corrected chi connectivity index (χ3v) is 4.36. The number of hydrogen-bond acceptors (Lipinski definition) is 1. The van der Waals surface area contributed by atoms with E-state index >= 15 is 0 Å². The zero-order valence-corrected chi connectivity index (χ0v) is 13.0. The predicted octanol–water partition coefficient (Wildman–Crippen LogP) is 5.29. The number of rotatable bonds is 4. The molecule has 0 aliphatic heterocycles. The molecule has 0 aliphatic rings. The minimum absolute atomic E-state index is 0.171. The van der Waals surface area contributed by atoms with E-state index in [9.17, 15) is 4.39 Å². The summed E-state index contributed by atoms with van der Waals surface area (Å²) < 4.78 is 13.9. The Morgan fingerprint density at radius 3 is 2.35 bits per heavy atom. The molecule has 0 saturated carbocycles. The lowest BCUT2D eigenvalue weighted by Crippen LogP contribution is -2.20. The molecule has 1 unspecified atom stereocenters. The fraction of sp³-hybridized carbons (Fsp3) is 0.200. The van der Waals surface area contributed by atoms with Gasteiger partial charge in [-0.1, -0.05) is 53.0 Å². The highest BCUT2D eigenvalue weighted by molar-refractivity contribution is 6.42. The Balaban J connectivity index is 2.37. The van der Waals surface area contributed by atoms with Crippen LogP contribution in [-0.4, -0.2) is 7.05 Å². The number of benzene rings is 2. The third-order valence-electron chi connectivity index (χ3n) is 3.18. The maximum atomic E-state index is 13.9. The van der Waals surface area contributed by atoms with Crippen LogP contribution in [0.4, 0.5) is 4.39 Å². The Kier molecular flexibility index (Phi) is 5.28. The quantitative estimate of drug-likeness (QED) is 0.802. The highest BCUT2D eigenvalue weighted by Gasteiger charge is 2.18. The Bertz CT molecular complexity index is 596. The number of hydrogen-bond donors (Lipinski definition) is 1. The van der Waals surface area contributed by atoms with E-state index in [1.54, 1.807) is 25.2 Å². The minimum Gasteiger partial charge on any atom is -0.313 e. The largest absolute Gasteiger partial charge is 0.313 e. The van der Waals surface area contributed by atoms with Gasteiger partial charge in [0.2, 0.25) is 0 Å². The van der Waals surface area contributed by atoms with Gasteiger partial charge < -0.3 is 5.32 Å². The Morgan fingerprint density at radius 1 is 1.05 bits per heavy atom. The predicted molar refractivity (Wildman–Crippen MR) is 83.4 cm³/mol. The molecule has 2 rings (SSSR count). The van der Waals surface area contributed by atoms with Gasteiger partial charge in [0.05, 0.1) is 10.0 Å². The molecule has 20 heavy (non-hydrogen) atoms. The van der Waals surface area contributed by atoms with Crippen molar-refractivity contribution in [2.24, 2.45) is 0 Å². The second-order valence-electron chi connectivity index (χ2n) is 4.39. The molecule has 1 N–H and O–H groups in total. The summed E-state index contributed by atoms with van der Waals surface area (Å²) in [6.45, 7) is 0. The van der Waals surface area contributed by atoms with Gasteiger partial charge in [-0.25, -0.2) is 4.39 Å². The van der Waals surface area contributed by atoms with Crippen LogP contribution in [0.25, 0.3) is 0 Å². The van der Waals surface area contributed by atoms with Gasteiger partial charge in [0.1, 0.15) is 5.82 Å². The van der Waals surface area contributed by atoms with Gasteiger partial charge >= 0.3 is 0 Å². The zero-order valence-electron chi connectivity index (χ0n) is 10.8. The van der Waals surface area contributed by atoms with E-state index in [-0.39, 0.29) is 11.9 Å². The van der Waals surface area contributed by atoms with Crippen molar-refractivity contribution in [2.75, 3.05) is 7.05 Å². The van der Waals surface area contributed by atoms with Crippen molar-refractivity contribution < 1.29 is 4.39 Å². The summed E-state index contributed by atoms with van der Waals surface area (Å²) in [5.74, 6) is -0.323. The van der Waals surface area contributed by atoms with Crippen LogP contribution in [0.2, 0.25) is 15.1 Å². The lowest BCUT2D eigenvalue weighted by atomic mass is 9.98. The van der Waals surface area contributed by atoms with E-state index in [4.69, 9.17) is 34.8 Å². The summed E-state index contributed by atoms with van der Waals surface area (Å²) in [4.78, 5) is 0. The van der Waals surface area contributed by atoms with E-state index in [0.29, 0.717) is 27.1 Å². The van der Waals surface area contributed by atoms with Gasteiger partial charge in [0, 0.05) is 16.6 Å². The monoisotopic (exact) mass is 331 g/mol. The van der Waals surface area contributed by atoms with E-state index in [2.05, 4.69) is 5.32 Å². The van der Waals surface area contributed by atoms with Crippen molar-refractivity contribution in [1.29, 1.82) is 0 Å². The van der Waals surface area contributed by atoms with Crippen LogP contribution < -0.4 is 5.32 Å². The molecule has 1 nitrogen and oxygen atoms in total. The Morgan fingerprint density at radius 2 is 1.70 bits per heavy atom. The first-order chi connectivity index (χ1) is 9.54. The summed E-state index contributed by atoms with van der Waals surface area (Å²) in [6, 6.07) is 9.88. The molecule has 2 aromatic rings. The van der Waals surface area contributed by atoms with Gasteiger partial charge in [0.25, 0.3) is 0 Å². The third kappa shape index (κ3) is 3.26. The molecule has 0 aromatic heterocycles. The Labute approximate surface area is 132 Å². The van der Waals surface area contributed by atoms with E-state index in [0.717, 1.165) is 5.56 Å². The molecule has 5 heteroatoms. The standard InChI is InChI=1S/C15H13Cl3FN/c1-20-14(9-4-2-6-12(17)15(9)18)8-10-11(16)5-3-7-13(10)19/h2-7,14,20H,8H2,1H3. The van der Waals surface area contributed by atoms with E-state index < -0.39 is 0 Å². The first kappa shape index (κ1) is 15.6. The molecule has 0 saturated heterocycles. The maximum absolute atomic E-state index is 13.9. The molecule has 2 aromatic carbocycles. The molecule has 0 spiro atoms. The first-order valence-corrected chi connectivity index (χ1v) is 7.22. The van der Waals surface area contributed by atoms with Crippen LogP contribution in [-0.2, 0) is 6.42 Å². The fourth-order valence-electron chi connectivity index (χ4n) is 2.09. The smallest absolute Gasteiger partial charge is 0.127 e. The van der Waals surface area contributed by atoms with Gasteiger partial charge in [-0.2, -0.15) is 0 Å². The maximum Gasteiger partial charge on any atom is 0.127 e. The Hall–Kier alpha value is -0.800. The zero-order chi connectivity index (χ0) is 14.7. The van der Waals surface area contributed by atoms with Gasteiger partial charge in [-0.15, -0.1) is 0 Å². The van der Waals surface area contributed by atoms with Crippen LogP contribution in [0.1, 0.15) is 17.2 Å². The summed E-state index contributed by atoms with van der Waals surface area (Å²) in [7, 11) is 1.79. The lowest BCUT2D eigenvalue weighted by Gasteiger charge is -2.19. The van der Waals surface area contributed by atoms with Crippen molar-refractivity contribution in [2.45, 2.75) is 12.5 Å². The van der Waals surface area contributed by atoms with Crippen molar-refractivity contribution in [1.82, 2.24) is 5.32 Å². The van der Waals surface area contributed by atoms with Crippen LogP contribution >= 0.6 is 34.8 Å². The molecule has 0 heterocycles. The highest BCUT2D eigenvalue weighted by atomic mass is 35.5. The van der Waals surface area contributed by atoms with Crippen molar-refractivity contribution in [3.05, 3.63) is 68.4 Å². The van der Waals surface area contributed by atoms with Crippen molar-refractivity contribution in [3.63, 3.8) is 0 Å². The van der Waals surface area contributed by atoms with Gasteiger partial charge in [-0.05, 0) is 37.2 Å². The second kappa shape index (κ2) is 6.77. The summed E-state index contributed by atoms with van der Waals surface area (Å²) in [6.07, 6.45) is 0.391. The fourth-order valence-corrected chi connectivity index (χ4v) is 2.77. The first-order valence-electron chi connectivity index (χ1n) is 6.08. The number of halogens is 4. The molecule has 0 aliphatic carbocycles. The van der Waals surface area contributed by atoms with Crippen molar-refractivity contribution in [3.8, 4) is 0 Å². The average molecular weight is 333 g/mol. The second-order valence-corrected chi connectivity index (χ2v) is 5.58. The molecular formula is C15H13Cl3FN. The molecule has 0 bridgehead atoms. The van der Waals surface area contributed by atoms with Crippen molar-refractivity contribution >= 4 is 34.8 Å². The number of likely N-dealkylation sites (N-methyl/N-ethyl adjacent to an activating group) is 1.